The van der Waals surface area contributed by atoms with Crippen LogP contribution in [-0.2, 0) is 0 Å². The molecule has 1 nitrogen and oxygen atoms in total. The zero-order valence-corrected chi connectivity index (χ0v) is 12.1. The molecule has 2 aromatic rings. The number of nitrogens with two attached hydrogens (primary N) is 1. The first-order valence-electron chi connectivity index (χ1n) is 5.67. The van der Waals surface area contributed by atoms with Gasteiger partial charge < -0.3 is 5.73 Å². The van der Waals surface area contributed by atoms with Crippen LogP contribution in [0.1, 0.15) is 28.3 Å². The van der Waals surface area contributed by atoms with Crippen molar-refractivity contribution in [3.05, 3.63) is 69.7 Å². The first-order valence-corrected chi connectivity index (χ1v) is 6.04. The molecule has 0 amide bonds. The van der Waals surface area contributed by atoms with Crippen molar-refractivity contribution in [2.24, 2.45) is 5.73 Å². The molecule has 1 unspecified atom stereocenters. The van der Waals surface area contributed by atoms with Gasteiger partial charge in [0.05, 0.1) is 6.04 Å². The molecule has 0 aliphatic heterocycles. The van der Waals surface area contributed by atoms with E-state index in [4.69, 9.17) is 17.3 Å². The van der Waals surface area contributed by atoms with Crippen LogP contribution in [0.25, 0.3) is 0 Å². The van der Waals surface area contributed by atoms with Crippen molar-refractivity contribution in [2.75, 3.05) is 0 Å². The van der Waals surface area contributed by atoms with E-state index in [1.165, 1.54) is 11.1 Å². The standard InChI is InChI=1S/C15H16ClN.ClH/c1-10-7-8-12(11(2)9-10)15(17)13-5-3-4-6-14(13)16;/h3-9,15H,17H2,1-2H3;1H. The number of hydrogen-bond donors (Lipinski definition) is 1. The SMILES string of the molecule is Cc1ccc(C(N)c2ccccc2Cl)c(C)c1.Cl. The molecule has 1 atom stereocenters. The molecule has 0 radical (unpaired) electrons. The molecular formula is C15H17Cl2N. The van der Waals surface area contributed by atoms with Gasteiger partial charge >= 0.3 is 0 Å². The fraction of sp³-hybridized carbons (Fsp3) is 0.200. The molecule has 0 fully saturated rings. The van der Waals surface area contributed by atoms with E-state index < -0.39 is 0 Å². The average Bonchev–Trinajstić information content (AvgIpc) is 2.29. The van der Waals surface area contributed by atoms with Crippen molar-refractivity contribution in [1.82, 2.24) is 0 Å². The quantitative estimate of drug-likeness (QED) is 0.866. The van der Waals surface area contributed by atoms with E-state index in [9.17, 15) is 0 Å². The van der Waals surface area contributed by atoms with E-state index >= 15 is 0 Å². The Bertz CT molecular complexity index is 538. The molecule has 0 aliphatic carbocycles. The topological polar surface area (TPSA) is 26.0 Å². The van der Waals surface area contributed by atoms with Crippen LogP contribution >= 0.6 is 24.0 Å². The summed E-state index contributed by atoms with van der Waals surface area (Å²) < 4.78 is 0. The highest BCUT2D eigenvalue weighted by Crippen LogP contribution is 2.28. The number of aryl methyl sites for hydroxylation is 2. The molecule has 96 valence electrons. The van der Waals surface area contributed by atoms with Crippen LogP contribution in [0.4, 0.5) is 0 Å². The molecular weight excluding hydrogens is 265 g/mol. The zero-order chi connectivity index (χ0) is 12.4. The molecule has 2 aromatic carbocycles. The summed E-state index contributed by atoms with van der Waals surface area (Å²) in [5, 5.41) is 0.722. The summed E-state index contributed by atoms with van der Waals surface area (Å²) >= 11 is 6.17. The van der Waals surface area contributed by atoms with Crippen LogP contribution in [0, 0.1) is 13.8 Å². The maximum Gasteiger partial charge on any atom is 0.0569 e. The van der Waals surface area contributed by atoms with Gasteiger partial charge in [0.2, 0.25) is 0 Å². The lowest BCUT2D eigenvalue weighted by atomic mass is 9.94. The van der Waals surface area contributed by atoms with Gasteiger partial charge in [-0.2, -0.15) is 0 Å². The van der Waals surface area contributed by atoms with E-state index in [0.717, 1.165) is 16.1 Å². The number of hydrogen-bond acceptors (Lipinski definition) is 1. The van der Waals surface area contributed by atoms with Crippen molar-refractivity contribution >= 4 is 24.0 Å². The Morgan fingerprint density at radius 2 is 1.67 bits per heavy atom. The summed E-state index contributed by atoms with van der Waals surface area (Å²) in [6.07, 6.45) is 0. The first-order chi connectivity index (χ1) is 8.09. The van der Waals surface area contributed by atoms with Crippen molar-refractivity contribution in [3.8, 4) is 0 Å². The Hall–Kier alpha value is -1.02. The second-order valence-electron chi connectivity index (χ2n) is 4.36. The minimum atomic E-state index is -0.163. The Morgan fingerprint density at radius 1 is 1.00 bits per heavy atom. The summed E-state index contributed by atoms with van der Waals surface area (Å²) in [5.74, 6) is 0. The predicted molar refractivity (Wildman–Crippen MR) is 80.6 cm³/mol. The average molecular weight is 282 g/mol. The highest BCUT2D eigenvalue weighted by atomic mass is 35.5. The van der Waals surface area contributed by atoms with Gasteiger partial charge in [-0.3, -0.25) is 0 Å². The van der Waals surface area contributed by atoms with Gasteiger partial charge in [-0.15, -0.1) is 12.4 Å². The number of halogens is 2. The lowest BCUT2D eigenvalue weighted by molar-refractivity contribution is 0.861. The molecule has 0 saturated carbocycles. The summed E-state index contributed by atoms with van der Waals surface area (Å²) in [6.45, 7) is 4.16. The first kappa shape index (κ1) is 15.0. The molecule has 0 bridgehead atoms. The Kier molecular flexibility index (Phi) is 5.21. The van der Waals surface area contributed by atoms with Gasteiger partial charge in [0, 0.05) is 5.02 Å². The molecule has 0 spiro atoms. The maximum atomic E-state index is 6.28. The smallest absolute Gasteiger partial charge is 0.0569 e. The van der Waals surface area contributed by atoms with Gasteiger partial charge in [-0.1, -0.05) is 53.6 Å². The van der Waals surface area contributed by atoms with E-state index in [1.54, 1.807) is 0 Å². The molecule has 0 aliphatic rings. The third-order valence-corrected chi connectivity index (χ3v) is 3.34. The van der Waals surface area contributed by atoms with Gasteiger partial charge in [0.25, 0.3) is 0 Å². The summed E-state index contributed by atoms with van der Waals surface area (Å²) in [6, 6.07) is 13.9. The van der Waals surface area contributed by atoms with Crippen molar-refractivity contribution in [3.63, 3.8) is 0 Å². The monoisotopic (exact) mass is 281 g/mol. The van der Waals surface area contributed by atoms with Crippen LogP contribution in [0.5, 0.6) is 0 Å². The number of benzene rings is 2. The third kappa shape index (κ3) is 3.05. The molecule has 3 heteroatoms. The van der Waals surface area contributed by atoms with Crippen LogP contribution in [0.15, 0.2) is 42.5 Å². The lowest BCUT2D eigenvalue weighted by Gasteiger charge is -2.17. The molecule has 0 aromatic heterocycles. The van der Waals surface area contributed by atoms with E-state index in [1.807, 2.05) is 24.3 Å². The fourth-order valence-corrected chi connectivity index (χ4v) is 2.32. The Balaban J connectivity index is 0.00000162. The molecule has 2 rings (SSSR count). The molecule has 0 heterocycles. The second kappa shape index (κ2) is 6.24. The van der Waals surface area contributed by atoms with E-state index in [2.05, 4.69) is 32.0 Å². The second-order valence-corrected chi connectivity index (χ2v) is 4.77. The molecule has 18 heavy (non-hydrogen) atoms. The zero-order valence-electron chi connectivity index (χ0n) is 10.5. The van der Waals surface area contributed by atoms with E-state index in [0.29, 0.717) is 0 Å². The van der Waals surface area contributed by atoms with Crippen LogP contribution < -0.4 is 5.73 Å². The summed E-state index contributed by atoms with van der Waals surface area (Å²) in [4.78, 5) is 0. The van der Waals surface area contributed by atoms with Crippen LogP contribution in [-0.4, -0.2) is 0 Å². The Morgan fingerprint density at radius 3 is 2.28 bits per heavy atom. The maximum absolute atomic E-state index is 6.28. The predicted octanol–water partition coefficient (Wildman–Crippen LogP) is 4.43. The fourth-order valence-electron chi connectivity index (χ4n) is 2.07. The Labute approximate surface area is 119 Å². The summed E-state index contributed by atoms with van der Waals surface area (Å²) in [5.41, 5.74) is 10.8. The van der Waals surface area contributed by atoms with Crippen molar-refractivity contribution in [1.29, 1.82) is 0 Å². The molecule has 0 saturated heterocycles. The van der Waals surface area contributed by atoms with E-state index in [-0.39, 0.29) is 18.4 Å². The van der Waals surface area contributed by atoms with Crippen LogP contribution in [0.3, 0.4) is 0 Å². The van der Waals surface area contributed by atoms with Crippen molar-refractivity contribution < 1.29 is 0 Å². The lowest BCUT2D eigenvalue weighted by Crippen LogP contribution is -2.13. The van der Waals surface area contributed by atoms with Gasteiger partial charge in [0.15, 0.2) is 0 Å². The number of rotatable bonds is 2. The van der Waals surface area contributed by atoms with Gasteiger partial charge in [0.1, 0.15) is 0 Å². The summed E-state index contributed by atoms with van der Waals surface area (Å²) in [7, 11) is 0. The highest BCUT2D eigenvalue weighted by Gasteiger charge is 2.13. The van der Waals surface area contributed by atoms with Gasteiger partial charge in [-0.05, 0) is 36.6 Å². The highest BCUT2D eigenvalue weighted by molar-refractivity contribution is 6.31. The third-order valence-electron chi connectivity index (χ3n) is 3.00. The largest absolute Gasteiger partial charge is 0.320 e. The molecule has 2 N–H and O–H groups in total. The normalized spacial score (nSPS) is 11.8. The minimum absolute atomic E-state index is 0. The van der Waals surface area contributed by atoms with Crippen LogP contribution in [0.2, 0.25) is 5.02 Å². The minimum Gasteiger partial charge on any atom is -0.320 e. The van der Waals surface area contributed by atoms with Gasteiger partial charge in [-0.25, -0.2) is 0 Å². The van der Waals surface area contributed by atoms with Crippen molar-refractivity contribution in [2.45, 2.75) is 19.9 Å².